The summed E-state index contributed by atoms with van der Waals surface area (Å²) in [6.07, 6.45) is 1.76. The van der Waals surface area contributed by atoms with E-state index >= 15 is 0 Å². The SMILES string of the molecule is Nc1cc(Cl)ccc1S(=O)Cc1ccc2ncccc2c1. The van der Waals surface area contributed by atoms with E-state index in [1.54, 1.807) is 24.4 Å². The number of fused-ring (bicyclic) bond motifs is 1. The summed E-state index contributed by atoms with van der Waals surface area (Å²) in [7, 11) is -1.20. The lowest BCUT2D eigenvalue weighted by atomic mass is 10.1. The summed E-state index contributed by atoms with van der Waals surface area (Å²) >= 11 is 5.86. The first kappa shape index (κ1) is 14.0. The number of hydrogen-bond donors (Lipinski definition) is 1. The maximum Gasteiger partial charge on any atom is 0.0702 e. The molecule has 1 heterocycles. The van der Waals surface area contributed by atoms with Gasteiger partial charge >= 0.3 is 0 Å². The number of aromatic nitrogens is 1. The van der Waals surface area contributed by atoms with Gasteiger partial charge in [-0.25, -0.2) is 0 Å². The Morgan fingerprint density at radius 2 is 2.00 bits per heavy atom. The van der Waals surface area contributed by atoms with E-state index in [9.17, 15) is 4.21 Å². The third kappa shape index (κ3) is 3.06. The smallest absolute Gasteiger partial charge is 0.0702 e. The largest absolute Gasteiger partial charge is 0.398 e. The van der Waals surface area contributed by atoms with Crippen LogP contribution in [-0.4, -0.2) is 9.19 Å². The van der Waals surface area contributed by atoms with Crippen LogP contribution >= 0.6 is 11.6 Å². The van der Waals surface area contributed by atoms with E-state index in [1.165, 1.54) is 0 Å². The quantitative estimate of drug-likeness (QED) is 0.748. The maximum atomic E-state index is 12.5. The van der Waals surface area contributed by atoms with E-state index in [0.717, 1.165) is 16.5 Å². The van der Waals surface area contributed by atoms with Gasteiger partial charge in [-0.15, -0.1) is 0 Å². The molecule has 0 saturated heterocycles. The molecule has 0 bridgehead atoms. The number of halogens is 1. The zero-order valence-electron chi connectivity index (χ0n) is 11.1. The summed E-state index contributed by atoms with van der Waals surface area (Å²) in [6, 6.07) is 14.8. The van der Waals surface area contributed by atoms with Gasteiger partial charge in [-0.1, -0.05) is 23.7 Å². The van der Waals surface area contributed by atoms with Crippen LogP contribution in [0.15, 0.2) is 59.6 Å². The molecule has 5 heteroatoms. The molecule has 1 aromatic heterocycles. The van der Waals surface area contributed by atoms with Crippen molar-refractivity contribution in [1.29, 1.82) is 0 Å². The van der Waals surface area contributed by atoms with Gasteiger partial charge < -0.3 is 5.73 Å². The van der Waals surface area contributed by atoms with Gasteiger partial charge in [0.15, 0.2) is 0 Å². The third-order valence-corrected chi connectivity index (χ3v) is 4.88. The summed E-state index contributed by atoms with van der Waals surface area (Å²) in [5.41, 5.74) is 8.26. The summed E-state index contributed by atoms with van der Waals surface area (Å²) < 4.78 is 12.5. The fourth-order valence-electron chi connectivity index (χ4n) is 2.17. The van der Waals surface area contributed by atoms with Gasteiger partial charge in [-0.3, -0.25) is 9.19 Å². The maximum absolute atomic E-state index is 12.5. The van der Waals surface area contributed by atoms with Gasteiger partial charge in [0, 0.05) is 22.3 Å². The Hall–Kier alpha value is -1.91. The first-order valence-corrected chi connectivity index (χ1v) is 8.10. The lowest BCUT2D eigenvalue weighted by molar-refractivity contribution is 0.683. The van der Waals surface area contributed by atoms with Crippen molar-refractivity contribution in [2.75, 3.05) is 5.73 Å². The second kappa shape index (κ2) is 5.84. The Balaban J connectivity index is 1.89. The molecule has 2 aromatic carbocycles. The molecule has 0 fully saturated rings. The van der Waals surface area contributed by atoms with Crippen LogP contribution in [0.5, 0.6) is 0 Å². The number of benzene rings is 2. The molecule has 0 aliphatic heterocycles. The molecule has 2 N–H and O–H groups in total. The second-order valence-electron chi connectivity index (χ2n) is 4.70. The number of pyridine rings is 1. The normalized spacial score (nSPS) is 12.4. The first-order valence-electron chi connectivity index (χ1n) is 6.40. The summed E-state index contributed by atoms with van der Waals surface area (Å²) in [5.74, 6) is 0.413. The Morgan fingerprint density at radius 3 is 2.81 bits per heavy atom. The molecule has 3 nitrogen and oxygen atoms in total. The molecule has 21 heavy (non-hydrogen) atoms. The van der Waals surface area contributed by atoms with E-state index in [0.29, 0.717) is 21.4 Å². The molecular weight excluding hydrogens is 304 g/mol. The molecule has 0 aliphatic carbocycles. The summed E-state index contributed by atoms with van der Waals surface area (Å²) in [4.78, 5) is 4.89. The molecule has 1 unspecified atom stereocenters. The lowest BCUT2D eigenvalue weighted by Crippen LogP contribution is -2.01. The minimum Gasteiger partial charge on any atom is -0.398 e. The Morgan fingerprint density at radius 1 is 1.14 bits per heavy atom. The molecule has 1 atom stereocenters. The monoisotopic (exact) mass is 316 g/mol. The highest BCUT2D eigenvalue weighted by molar-refractivity contribution is 7.84. The zero-order valence-corrected chi connectivity index (χ0v) is 12.7. The van der Waals surface area contributed by atoms with Gasteiger partial charge in [0.05, 0.1) is 27.0 Å². The average molecular weight is 317 g/mol. The molecule has 3 rings (SSSR count). The van der Waals surface area contributed by atoms with Crippen molar-refractivity contribution in [3.8, 4) is 0 Å². The van der Waals surface area contributed by atoms with E-state index in [1.807, 2.05) is 30.3 Å². The van der Waals surface area contributed by atoms with Crippen molar-refractivity contribution in [2.45, 2.75) is 10.6 Å². The predicted molar refractivity (Wildman–Crippen MR) is 87.7 cm³/mol. The highest BCUT2D eigenvalue weighted by Gasteiger charge is 2.10. The van der Waals surface area contributed by atoms with E-state index in [2.05, 4.69) is 4.98 Å². The van der Waals surface area contributed by atoms with Crippen LogP contribution in [0.2, 0.25) is 5.02 Å². The standard InChI is InChI=1S/C16H13ClN2OS/c17-13-4-6-16(14(18)9-13)21(20)10-11-3-5-15-12(8-11)2-1-7-19-15/h1-9H,10,18H2. The number of nitrogens with zero attached hydrogens (tertiary/aromatic N) is 1. The fraction of sp³-hybridized carbons (Fsp3) is 0.0625. The van der Waals surface area contributed by atoms with Crippen LogP contribution in [0.25, 0.3) is 10.9 Å². The number of hydrogen-bond acceptors (Lipinski definition) is 3. The minimum absolute atomic E-state index is 0.413. The summed E-state index contributed by atoms with van der Waals surface area (Å²) in [5, 5.41) is 1.58. The number of rotatable bonds is 3. The molecular formula is C16H13ClN2OS. The van der Waals surface area contributed by atoms with Crippen molar-refractivity contribution in [3.63, 3.8) is 0 Å². The molecule has 3 aromatic rings. The predicted octanol–water partition coefficient (Wildman–Crippen LogP) is 3.78. The van der Waals surface area contributed by atoms with Gasteiger partial charge in [0.25, 0.3) is 0 Å². The highest BCUT2D eigenvalue weighted by Crippen LogP contribution is 2.24. The van der Waals surface area contributed by atoms with Crippen LogP contribution in [0, 0.1) is 0 Å². The second-order valence-corrected chi connectivity index (χ2v) is 6.56. The van der Waals surface area contributed by atoms with Crippen molar-refractivity contribution in [3.05, 3.63) is 65.3 Å². The van der Waals surface area contributed by atoms with Gasteiger partial charge in [0.2, 0.25) is 0 Å². The van der Waals surface area contributed by atoms with Crippen LogP contribution in [0.1, 0.15) is 5.56 Å². The lowest BCUT2D eigenvalue weighted by Gasteiger charge is -2.07. The summed E-state index contributed by atoms with van der Waals surface area (Å²) in [6.45, 7) is 0. The van der Waals surface area contributed by atoms with Crippen LogP contribution in [-0.2, 0) is 16.6 Å². The van der Waals surface area contributed by atoms with E-state index in [4.69, 9.17) is 17.3 Å². The molecule has 0 spiro atoms. The Kier molecular flexibility index (Phi) is 3.90. The van der Waals surface area contributed by atoms with Crippen molar-refractivity contribution >= 4 is 39.0 Å². The van der Waals surface area contributed by atoms with E-state index < -0.39 is 10.8 Å². The molecule has 0 saturated carbocycles. The fourth-order valence-corrected chi connectivity index (χ4v) is 3.53. The van der Waals surface area contributed by atoms with Crippen molar-refractivity contribution in [2.24, 2.45) is 0 Å². The number of nitrogen functional groups attached to an aromatic ring is 1. The highest BCUT2D eigenvalue weighted by atomic mass is 35.5. The van der Waals surface area contributed by atoms with Crippen LogP contribution < -0.4 is 5.73 Å². The molecule has 106 valence electrons. The van der Waals surface area contributed by atoms with Crippen molar-refractivity contribution < 1.29 is 4.21 Å². The van der Waals surface area contributed by atoms with Crippen LogP contribution in [0.3, 0.4) is 0 Å². The zero-order chi connectivity index (χ0) is 14.8. The van der Waals surface area contributed by atoms with Crippen LogP contribution in [0.4, 0.5) is 5.69 Å². The van der Waals surface area contributed by atoms with Gasteiger partial charge in [0.1, 0.15) is 0 Å². The first-order chi connectivity index (χ1) is 10.1. The molecule has 0 amide bonds. The number of anilines is 1. The van der Waals surface area contributed by atoms with E-state index in [-0.39, 0.29) is 0 Å². The average Bonchev–Trinajstić information content (AvgIpc) is 2.47. The topological polar surface area (TPSA) is 56.0 Å². The van der Waals surface area contributed by atoms with Gasteiger partial charge in [-0.05, 0) is 42.0 Å². The molecule has 0 radical (unpaired) electrons. The number of nitrogens with two attached hydrogens (primary N) is 1. The van der Waals surface area contributed by atoms with Crippen molar-refractivity contribution in [1.82, 2.24) is 4.98 Å². The minimum atomic E-state index is -1.20. The Labute approximate surface area is 130 Å². The molecule has 0 aliphatic rings. The third-order valence-electron chi connectivity index (χ3n) is 3.18. The van der Waals surface area contributed by atoms with Gasteiger partial charge in [-0.2, -0.15) is 0 Å². The Bertz CT molecular complexity index is 835.